The molecule has 1 aromatic rings. The van der Waals surface area contributed by atoms with Gasteiger partial charge in [0, 0.05) is 30.0 Å². The van der Waals surface area contributed by atoms with Crippen LogP contribution in [0.5, 0.6) is 0 Å². The van der Waals surface area contributed by atoms with Gasteiger partial charge in [-0.15, -0.1) is 0 Å². The molecule has 0 aromatic heterocycles. The van der Waals surface area contributed by atoms with Crippen LogP contribution in [0.4, 0.5) is 4.79 Å². The lowest BCUT2D eigenvalue weighted by Gasteiger charge is -2.53. The quantitative estimate of drug-likeness (QED) is 0.848. The maximum Gasteiger partial charge on any atom is 0.410 e. The molecular weight excluding hydrogens is 346 g/mol. The molecule has 1 amide bonds. The summed E-state index contributed by atoms with van der Waals surface area (Å²) in [6.45, 7) is 10.3. The van der Waals surface area contributed by atoms with Crippen molar-refractivity contribution in [3.05, 3.63) is 35.4 Å². The van der Waals surface area contributed by atoms with Crippen molar-refractivity contribution < 1.29 is 24.2 Å². The summed E-state index contributed by atoms with van der Waals surface area (Å²) in [4.78, 5) is 37.6. The van der Waals surface area contributed by atoms with E-state index in [1.54, 1.807) is 17.0 Å². The van der Waals surface area contributed by atoms with E-state index < -0.39 is 17.5 Å². The van der Waals surface area contributed by atoms with Crippen LogP contribution >= 0.6 is 0 Å². The van der Waals surface area contributed by atoms with Crippen molar-refractivity contribution in [1.82, 2.24) is 4.90 Å². The second kappa shape index (κ2) is 7.71. The second-order valence-corrected chi connectivity index (χ2v) is 8.03. The van der Waals surface area contributed by atoms with Crippen molar-refractivity contribution in [3.8, 4) is 0 Å². The maximum atomic E-state index is 12.6. The molecule has 0 bridgehead atoms. The van der Waals surface area contributed by atoms with Crippen molar-refractivity contribution in [1.29, 1.82) is 0 Å². The lowest BCUT2D eigenvalue weighted by atomic mass is 9.61. The Morgan fingerprint density at radius 2 is 1.81 bits per heavy atom. The highest BCUT2D eigenvalue weighted by Gasteiger charge is 2.53. The first-order chi connectivity index (χ1) is 12.6. The maximum absolute atomic E-state index is 12.6. The summed E-state index contributed by atoms with van der Waals surface area (Å²) in [5.41, 5.74) is 0.582. The summed E-state index contributed by atoms with van der Waals surface area (Å²) in [5, 5.41) is 9.12. The zero-order chi connectivity index (χ0) is 20.4. The van der Waals surface area contributed by atoms with Crippen molar-refractivity contribution >= 4 is 17.8 Å². The van der Waals surface area contributed by atoms with Gasteiger partial charge >= 0.3 is 12.1 Å². The third-order valence-electron chi connectivity index (χ3n) is 4.83. The van der Waals surface area contributed by atoms with Crippen LogP contribution < -0.4 is 0 Å². The standard InChI is InChI=1S/C19H23NO5.C2H6/c1-18(2,3)25-17(24)20-10-19(11-20)9-12(8-15(21)22)16(23)13-6-4-5-7-14(13)19;1-2/h4-7,12H,8-11H2,1-3H3,(H,21,22);1-2H3. The number of nitrogens with zero attached hydrogens (tertiary/aromatic N) is 1. The summed E-state index contributed by atoms with van der Waals surface area (Å²) < 4.78 is 5.40. The molecule has 1 heterocycles. The van der Waals surface area contributed by atoms with Gasteiger partial charge in [0.1, 0.15) is 5.60 Å². The van der Waals surface area contributed by atoms with Crippen molar-refractivity contribution in [2.45, 2.75) is 58.5 Å². The minimum atomic E-state index is -0.976. The third-order valence-corrected chi connectivity index (χ3v) is 4.83. The van der Waals surface area contributed by atoms with Crippen LogP contribution in [-0.2, 0) is 14.9 Å². The van der Waals surface area contributed by atoms with Crippen LogP contribution in [0.1, 0.15) is 63.4 Å². The van der Waals surface area contributed by atoms with E-state index in [0.29, 0.717) is 25.1 Å². The summed E-state index contributed by atoms with van der Waals surface area (Å²) in [7, 11) is 0. The molecule has 1 aliphatic carbocycles. The van der Waals surface area contributed by atoms with E-state index in [1.807, 2.05) is 46.8 Å². The molecule has 3 rings (SSSR count). The Morgan fingerprint density at radius 1 is 1.22 bits per heavy atom. The van der Waals surface area contributed by atoms with Gasteiger partial charge in [0.2, 0.25) is 0 Å². The van der Waals surface area contributed by atoms with Gasteiger partial charge in [0.05, 0.1) is 6.42 Å². The van der Waals surface area contributed by atoms with Gasteiger partial charge in [0.15, 0.2) is 5.78 Å². The highest BCUT2D eigenvalue weighted by molar-refractivity contribution is 6.02. The van der Waals surface area contributed by atoms with Crippen LogP contribution in [0.25, 0.3) is 0 Å². The van der Waals surface area contributed by atoms with Gasteiger partial charge in [-0.05, 0) is 32.8 Å². The number of hydrogen-bond donors (Lipinski definition) is 1. The van der Waals surface area contributed by atoms with Crippen molar-refractivity contribution in [2.75, 3.05) is 13.1 Å². The van der Waals surface area contributed by atoms with E-state index in [2.05, 4.69) is 0 Å². The van der Waals surface area contributed by atoms with Gasteiger partial charge < -0.3 is 14.7 Å². The number of ether oxygens (including phenoxy) is 1. The molecule has 2 aliphatic rings. The molecule has 148 valence electrons. The number of rotatable bonds is 2. The monoisotopic (exact) mass is 375 g/mol. The Hall–Kier alpha value is -2.37. The molecule has 1 fully saturated rings. The highest BCUT2D eigenvalue weighted by atomic mass is 16.6. The molecule has 1 aromatic carbocycles. The van der Waals surface area contributed by atoms with Crippen LogP contribution in [0.15, 0.2) is 24.3 Å². The van der Waals surface area contributed by atoms with Gasteiger partial charge in [-0.25, -0.2) is 4.79 Å². The molecule has 0 saturated carbocycles. The molecule has 6 nitrogen and oxygen atoms in total. The average molecular weight is 375 g/mol. The molecule has 1 saturated heterocycles. The first-order valence-electron chi connectivity index (χ1n) is 9.45. The molecule has 1 unspecified atom stereocenters. The van der Waals surface area contributed by atoms with Crippen LogP contribution in [0.3, 0.4) is 0 Å². The number of benzene rings is 1. The first-order valence-corrected chi connectivity index (χ1v) is 9.45. The molecular formula is C21H29NO5. The number of aliphatic carboxylic acids is 1. The van der Waals surface area contributed by atoms with Gasteiger partial charge in [-0.2, -0.15) is 0 Å². The fourth-order valence-corrected chi connectivity index (χ4v) is 3.87. The molecule has 1 N–H and O–H groups in total. The number of Topliss-reactive ketones (excluding diaryl/α,β-unsaturated/α-hetero) is 1. The first kappa shape index (κ1) is 20.9. The summed E-state index contributed by atoms with van der Waals surface area (Å²) in [6.07, 6.45) is -0.0993. The van der Waals surface area contributed by atoms with Gasteiger partial charge in [-0.1, -0.05) is 38.1 Å². The van der Waals surface area contributed by atoms with E-state index in [4.69, 9.17) is 9.84 Å². The van der Waals surface area contributed by atoms with E-state index in [-0.39, 0.29) is 23.7 Å². The fraction of sp³-hybridized carbons (Fsp3) is 0.571. The van der Waals surface area contributed by atoms with Crippen LogP contribution in [0, 0.1) is 5.92 Å². The number of ketones is 1. The normalized spacial score (nSPS) is 20.1. The third kappa shape index (κ3) is 4.31. The summed E-state index contributed by atoms with van der Waals surface area (Å²) in [6, 6.07) is 7.33. The Bertz CT molecular complexity index is 728. The number of fused-ring (bicyclic) bond motifs is 2. The predicted octanol–water partition coefficient (Wildman–Crippen LogP) is 3.88. The molecule has 6 heteroatoms. The molecule has 1 aliphatic heterocycles. The minimum absolute atomic E-state index is 0.112. The van der Waals surface area contributed by atoms with E-state index in [9.17, 15) is 14.4 Å². The number of likely N-dealkylation sites (tertiary alicyclic amines) is 1. The zero-order valence-electron chi connectivity index (χ0n) is 16.7. The molecule has 27 heavy (non-hydrogen) atoms. The largest absolute Gasteiger partial charge is 0.481 e. The Kier molecular flexibility index (Phi) is 5.97. The van der Waals surface area contributed by atoms with E-state index in [0.717, 1.165) is 5.56 Å². The summed E-state index contributed by atoms with van der Waals surface area (Å²) in [5.74, 6) is -1.64. The lowest BCUT2D eigenvalue weighted by Crippen LogP contribution is -2.64. The number of carboxylic acid groups (broad SMARTS) is 1. The van der Waals surface area contributed by atoms with E-state index in [1.165, 1.54) is 0 Å². The molecule has 1 atom stereocenters. The minimum Gasteiger partial charge on any atom is -0.481 e. The summed E-state index contributed by atoms with van der Waals surface area (Å²) >= 11 is 0. The van der Waals surface area contributed by atoms with Gasteiger partial charge in [0.25, 0.3) is 0 Å². The van der Waals surface area contributed by atoms with Crippen molar-refractivity contribution in [3.63, 3.8) is 0 Å². The number of amides is 1. The van der Waals surface area contributed by atoms with Gasteiger partial charge in [-0.3, -0.25) is 9.59 Å². The van der Waals surface area contributed by atoms with Crippen molar-refractivity contribution in [2.24, 2.45) is 5.92 Å². The molecule has 1 spiro atoms. The predicted molar refractivity (Wildman–Crippen MR) is 102 cm³/mol. The van der Waals surface area contributed by atoms with E-state index >= 15 is 0 Å². The number of hydrogen-bond acceptors (Lipinski definition) is 4. The van der Waals surface area contributed by atoms with Crippen LogP contribution in [-0.4, -0.2) is 46.5 Å². The highest BCUT2D eigenvalue weighted by Crippen LogP contribution is 2.47. The Labute approximate surface area is 160 Å². The molecule has 0 radical (unpaired) electrons. The Morgan fingerprint density at radius 3 is 2.37 bits per heavy atom. The average Bonchev–Trinajstić information content (AvgIpc) is 2.55. The smallest absolute Gasteiger partial charge is 0.410 e. The second-order valence-electron chi connectivity index (χ2n) is 8.03. The Balaban J connectivity index is 0.00000126. The van der Waals surface area contributed by atoms with Crippen LogP contribution in [0.2, 0.25) is 0 Å². The number of carbonyl (C=O) groups excluding carboxylic acids is 2. The number of carbonyl (C=O) groups is 3. The zero-order valence-corrected chi connectivity index (χ0v) is 16.7. The topological polar surface area (TPSA) is 83.9 Å². The SMILES string of the molecule is CC.CC(C)(C)OC(=O)N1CC2(CC(CC(=O)O)C(=O)c3ccccc32)C1. The number of carboxylic acids is 1. The lowest BCUT2D eigenvalue weighted by molar-refractivity contribution is -0.138. The fourth-order valence-electron chi connectivity index (χ4n) is 3.87.